The van der Waals surface area contributed by atoms with Crippen LogP contribution in [0.4, 0.5) is 0 Å². The summed E-state index contributed by atoms with van der Waals surface area (Å²) in [6.45, 7) is 2.67. The molecule has 0 saturated carbocycles. The lowest BCUT2D eigenvalue weighted by Gasteiger charge is -2.13. The Morgan fingerprint density at radius 1 is 1.10 bits per heavy atom. The Morgan fingerprint density at radius 3 is 2.55 bits per heavy atom. The molecule has 3 nitrogen and oxygen atoms in total. The molecule has 0 amide bonds. The van der Waals surface area contributed by atoms with Crippen LogP contribution in [0.1, 0.15) is 23.7 Å². The van der Waals surface area contributed by atoms with Crippen LogP contribution in [0.5, 0.6) is 17.2 Å². The molecule has 2 rings (SSSR count). The first-order chi connectivity index (χ1) is 9.74. The number of carbonyl (C=O) groups is 1. The van der Waals surface area contributed by atoms with Crippen LogP contribution in [0, 0.1) is 0 Å². The average Bonchev–Trinajstić information content (AvgIpc) is 2.47. The van der Waals surface area contributed by atoms with Crippen molar-refractivity contribution in [3.63, 3.8) is 0 Å². The number of carbonyl (C=O) groups excluding carboxylic acids is 1. The Morgan fingerprint density at radius 2 is 1.85 bits per heavy atom. The molecule has 104 valence electrons. The fourth-order valence-corrected chi connectivity index (χ4v) is 2.02. The summed E-state index contributed by atoms with van der Waals surface area (Å²) < 4.78 is 12.3. The van der Waals surface area contributed by atoms with Crippen LogP contribution >= 0.6 is 15.9 Å². The second-order valence-electron chi connectivity index (χ2n) is 4.20. The van der Waals surface area contributed by atoms with Crippen LogP contribution in [-0.2, 0) is 0 Å². The van der Waals surface area contributed by atoms with Crippen LogP contribution in [0.25, 0.3) is 0 Å². The minimum absolute atomic E-state index is 0.499. The topological polar surface area (TPSA) is 35.5 Å². The van der Waals surface area contributed by atoms with Gasteiger partial charge >= 0.3 is 0 Å². The zero-order chi connectivity index (χ0) is 14.4. The molecule has 0 atom stereocenters. The molecular formula is C16H15BrO3. The monoisotopic (exact) mass is 334 g/mol. The van der Waals surface area contributed by atoms with Crippen molar-refractivity contribution in [2.24, 2.45) is 0 Å². The van der Waals surface area contributed by atoms with Gasteiger partial charge in [0.15, 0.2) is 17.8 Å². The fraction of sp³-hybridized carbons (Fsp3) is 0.188. The van der Waals surface area contributed by atoms with E-state index in [1.165, 1.54) is 0 Å². The summed E-state index contributed by atoms with van der Waals surface area (Å²) in [5, 5.41) is 0. The molecule has 0 radical (unpaired) electrons. The van der Waals surface area contributed by atoms with Gasteiger partial charge in [0.05, 0.1) is 12.2 Å². The molecule has 0 N–H and O–H groups in total. The third-order valence-electron chi connectivity index (χ3n) is 2.63. The molecule has 0 aliphatic heterocycles. The average molecular weight is 335 g/mol. The molecule has 0 bridgehead atoms. The Hall–Kier alpha value is -1.81. The van der Waals surface area contributed by atoms with E-state index in [1.54, 1.807) is 18.2 Å². The fourth-order valence-electron chi connectivity index (χ4n) is 1.68. The molecule has 0 aliphatic rings. The standard InChI is InChI=1S/C16H15BrO3/c1-2-9-19-14-5-3-4-6-15(14)20-16-10-13(17)8-7-12(16)11-18/h3-8,10-11H,2,9H2,1H3. The van der Waals surface area contributed by atoms with Gasteiger partial charge in [-0.05, 0) is 36.8 Å². The number of aldehydes is 1. The van der Waals surface area contributed by atoms with E-state index in [9.17, 15) is 4.79 Å². The van der Waals surface area contributed by atoms with E-state index in [1.807, 2.05) is 31.2 Å². The highest BCUT2D eigenvalue weighted by Gasteiger charge is 2.09. The summed E-state index contributed by atoms with van der Waals surface area (Å²) in [5.74, 6) is 1.77. The second-order valence-corrected chi connectivity index (χ2v) is 5.11. The van der Waals surface area contributed by atoms with Gasteiger partial charge in [0.2, 0.25) is 0 Å². The molecule has 4 heteroatoms. The van der Waals surface area contributed by atoms with Gasteiger partial charge in [-0.2, -0.15) is 0 Å². The Labute approximate surface area is 126 Å². The van der Waals surface area contributed by atoms with Gasteiger partial charge in [-0.15, -0.1) is 0 Å². The Balaban J connectivity index is 2.30. The maximum atomic E-state index is 11.1. The van der Waals surface area contributed by atoms with E-state index in [0.717, 1.165) is 17.2 Å². The molecule has 0 fully saturated rings. The molecule has 2 aromatic carbocycles. The Kier molecular flexibility index (Phi) is 5.18. The number of para-hydroxylation sites is 2. The van der Waals surface area contributed by atoms with Gasteiger partial charge < -0.3 is 9.47 Å². The zero-order valence-corrected chi connectivity index (χ0v) is 12.7. The van der Waals surface area contributed by atoms with Crippen LogP contribution < -0.4 is 9.47 Å². The van der Waals surface area contributed by atoms with Crippen molar-refractivity contribution in [2.45, 2.75) is 13.3 Å². The van der Waals surface area contributed by atoms with E-state index in [2.05, 4.69) is 15.9 Å². The zero-order valence-electron chi connectivity index (χ0n) is 11.1. The molecule has 0 aromatic heterocycles. The largest absolute Gasteiger partial charge is 0.490 e. The summed E-state index contributed by atoms with van der Waals surface area (Å²) in [6, 6.07) is 12.7. The maximum Gasteiger partial charge on any atom is 0.169 e. The van der Waals surface area contributed by atoms with Gasteiger partial charge in [0.25, 0.3) is 0 Å². The summed E-state index contributed by atoms with van der Waals surface area (Å²) >= 11 is 3.37. The number of halogens is 1. The van der Waals surface area contributed by atoms with Crippen molar-refractivity contribution in [1.29, 1.82) is 0 Å². The third kappa shape index (κ3) is 3.61. The molecule has 0 unspecified atom stereocenters. The van der Waals surface area contributed by atoms with Gasteiger partial charge in [-0.1, -0.05) is 35.0 Å². The number of rotatable bonds is 6. The molecular weight excluding hydrogens is 320 g/mol. The minimum Gasteiger partial charge on any atom is -0.490 e. The molecule has 0 saturated heterocycles. The van der Waals surface area contributed by atoms with Crippen LogP contribution in [-0.4, -0.2) is 12.9 Å². The molecule has 0 spiro atoms. The number of hydrogen-bond donors (Lipinski definition) is 0. The van der Waals surface area contributed by atoms with Gasteiger partial charge in [-0.25, -0.2) is 0 Å². The van der Waals surface area contributed by atoms with E-state index >= 15 is 0 Å². The van der Waals surface area contributed by atoms with Crippen molar-refractivity contribution in [1.82, 2.24) is 0 Å². The quantitative estimate of drug-likeness (QED) is 0.709. The van der Waals surface area contributed by atoms with Gasteiger partial charge in [-0.3, -0.25) is 4.79 Å². The summed E-state index contributed by atoms with van der Waals surface area (Å²) in [6.07, 6.45) is 1.70. The first-order valence-corrected chi connectivity index (χ1v) is 7.18. The molecule has 0 heterocycles. The normalized spacial score (nSPS) is 10.1. The Bertz CT molecular complexity index is 596. The van der Waals surface area contributed by atoms with Crippen LogP contribution in [0.15, 0.2) is 46.9 Å². The number of benzene rings is 2. The van der Waals surface area contributed by atoms with Crippen molar-refractivity contribution in [3.05, 3.63) is 52.5 Å². The predicted molar refractivity (Wildman–Crippen MR) is 81.8 cm³/mol. The van der Waals surface area contributed by atoms with Crippen molar-refractivity contribution in [2.75, 3.05) is 6.61 Å². The van der Waals surface area contributed by atoms with Crippen LogP contribution in [0.2, 0.25) is 0 Å². The van der Waals surface area contributed by atoms with Gasteiger partial charge in [0, 0.05) is 4.47 Å². The van der Waals surface area contributed by atoms with E-state index < -0.39 is 0 Å². The molecule has 2 aromatic rings. The van der Waals surface area contributed by atoms with Crippen LogP contribution in [0.3, 0.4) is 0 Å². The first kappa shape index (κ1) is 14.6. The SMILES string of the molecule is CCCOc1ccccc1Oc1cc(Br)ccc1C=O. The predicted octanol–water partition coefficient (Wildman–Crippen LogP) is 4.84. The lowest BCUT2D eigenvalue weighted by atomic mass is 10.2. The summed E-state index contributed by atoms with van der Waals surface area (Å²) in [5.41, 5.74) is 0.499. The smallest absolute Gasteiger partial charge is 0.169 e. The molecule has 20 heavy (non-hydrogen) atoms. The lowest BCUT2D eigenvalue weighted by Crippen LogP contribution is -1.98. The van der Waals surface area contributed by atoms with Gasteiger partial charge in [0.1, 0.15) is 5.75 Å². The lowest BCUT2D eigenvalue weighted by molar-refractivity contribution is 0.112. The maximum absolute atomic E-state index is 11.1. The van der Waals surface area contributed by atoms with Crippen molar-refractivity contribution < 1.29 is 14.3 Å². The highest BCUT2D eigenvalue weighted by atomic mass is 79.9. The second kappa shape index (κ2) is 7.10. The number of ether oxygens (including phenoxy) is 2. The van der Waals surface area contributed by atoms with E-state index in [4.69, 9.17) is 9.47 Å². The van der Waals surface area contributed by atoms with E-state index in [-0.39, 0.29) is 0 Å². The first-order valence-electron chi connectivity index (χ1n) is 6.39. The van der Waals surface area contributed by atoms with Crippen molar-refractivity contribution >= 4 is 22.2 Å². The highest BCUT2D eigenvalue weighted by Crippen LogP contribution is 2.33. The molecule has 0 aliphatic carbocycles. The third-order valence-corrected chi connectivity index (χ3v) is 3.13. The highest BCUT2D eigenvalue weighted by molar-refractivity contribution is 9.10. The van der Waals surface area contributed by atoms with E-state index in [0.29, 0.717) is 29.4 Å². The summed E-state index contributed by atoms with van der Waals surface area (Å²) in [4.78, 5) is 11.1. The van der Waals surface area contributed by atoms with Crippen molar-refractivity contribution in [3.8, 4) is 17.2 Å². The number of hydrogen-bond acceptors (Lipinski definition) is 3. The minimum atomic E-state index is 0.499. The summed E-state index contributed by atoms with van der Waals surface area (Å²) in [7, 11) is 0.